The van der Waals surface area contributed by atoms with Gasteiger partial charge in [-0.05, 0) is 13.0 Å². The van der Waals surface area contributed by atoms with E-state index >= 15 is 0 Å². The summed E-state index contributed by atoms with van der Waals surface area (Å²) in [6.45, 7) is 5.62. The van der Waals surface area contributed by atoms with E-state index in [1.807, 2.05) is 0 Å². The highest BCUT2D eigenvalue weighted by molar-refractivity contribution is 5.85. The standard InChI is InChI=1S/C12H22F3N3O.ClH/c13-12(14,15)10-19-8-7-17-3-5-18(6-4-17)11-1-2-16-9-11;/h11,16H,1-10H2;1H. The van der Waals surface area contributed by atoms with E-state index < -0.39 is 12.8 Å². The van der Waals surface area contributed by atoms with Crippen molar-refractivity contribution in [2.45, 2.75) is 18.6 Å². The second-order valence-corrected chi connectivity index (χ2v) is 5.19. The highest BCUT2D eigenvalue weighted by Crippen LogP contribution is 2.15. The van der Waals surface area contributed by atoms with E-state index in [0.717, 1.165) is 39.3 Å². The zero-order valence-corrected chi connectivity index (χ0v) is 12.3. The predicted molar refractivity (Wildman–Crippen MR) is 73.4 cm³/mol. The van der Waals surface area contributed by atoms with Gasteiger partial charge in [-0.1, -0.05) is 0 Å². The average molecular weight is 318 g/mol. The van der Waals surface area contributed by atoms with Gasteiger partial charge in [0.15, 0.2) is 0 Å². The van der Waals surface area contributed by atoms with Gasteiger partial charge in [-0.3, -0.25) is 9.80 Å². The molecule has 0 aromatic rings. The Morgan fingerprint density at radius 3 is 2.40 bits per heavy atom. The molecule has 0 spiro atoms. The van der Waals surface area contributed by atoms with E-state index in [0.29, 0.717) is 12.6 Å². The van der Waals surface area contributed by atoms with Crippen molar-refractivity contribution in [3.05, 3.63) is 0 Å². The monoisotopic (exact) mass is 317 g/mol. The smallest absolute Gasteiger partial charge is 0.371 e. The summed E-state index contributed by atoms with van der Waals surface area (Å²) in [5, 5.41) is 3.36. The fourth-order valence-electron chi connectivity index (χ4n) is 2.68. The first-order valence-corrected chi connectivity index (χ1v) is 6.86. The van der Waals surface area contributed by atoms with Gasteiger partial charge in [0.05, 0.1) is 6.61 Å². The minimum atomic E-state index is -4.21. The van der Waals surface area contributed by atoms with Gasteiger partial charge in [-0.2, -0.15) is 13.2 Å². The Kier molecular flexibility index (Phi) is 7.53. The number of nitrogens with one attached hydrogen (secondary N) is 1. The number of piperazine rings is 1. The van der Waals surface area contributed by atoms with Crippen molar-refractivity contribution in [3.63, 3.8) is 0 Å². The van der Waals surface area contributed by atoms with Crippen molar-refractivity contribution in [2.75, 3.05) is 59.0 Å². The third-order valence-electron chi connectivity index (χ3n) is 3.78. The summed E-state index contributed by atoms with van der Waals surface area (Å²) >= 11 is 0. The minimum Gasteiger partial charge on any atom is -0.371 e. The summed E-state index contributed by atoms with van der Waals surface area (Å²) in [5.41, 5.74) is 0. The number of rotatable bonds is 5. The molecule has 2 fully saturated rings. The quantitative estimate of drug-likeness (QED) is 0.765. The summed E-state index contributed by atoms with van der Waals surface area (Å²) in [5.74, 6) is 0. The van der Waals surface area contributed by atoms with E-state index in [9.17, 15) is 13.2 Å². The topological polar surface area (TPSA) is 27.7 Å². The fraction of sp³-hybridized carbons (Fsp3) is 1.00. The molecule has 120 valence electrons. The van der Waals surface area contributed by atoms with Crippen LogP contribution >= 0.6 is 12.4 Å². The summed E-state index contributed by atoms with van der Waals surface area (Å²) in [6, 6.07) is 0.642. The molecule has 4 nitrogen and oxygen atoms in total. The lowest BCUT2D eigenvalue weighted by Crippen LogP contribution is -2.51. The van der Waals surface area contributed by atoms with E-state index in [1.165, 1.54) is 6.42 Å². The molecule has 0 saturated carbocycles. The van der Waals surface area contributed by atoms with Crippen LogP contribution in [0.25, 0.3) is 0 Å². The van der Waals surface area contributed by atoms with Crippen LogP contribution in [0.4, 0.5) is 13.2 Å². The van der Waals surface area contributed by atoms with Crippen molar-refractivity contribution >= 4 is 12.4 Å². The number of halogens is 4. The number of alkyl halides is 3. The van der Waals surface area contributed by atoms with Crippen molar-refractivity contribution in [3.8, 4) is 0 Å². The summed E-state index contributed by atoms with van der Waals surface area (Å²) in [6.07, 6.45) is -3.01. The van der Waals surface area contributed by atoms with Crippen LogP contribution in [0.5, 0.6) is 0 Å². The fourth-order valence-corrected chi connectivity index (χ4v) is 2.68. The number of hydrogen-bond acceptors (Lipinski definition) is 4. The molecular weight excluding hydrogens is 295 g/mol. The second-order valence-electron chi connectivity index (χ2n) is 5.19. The van der Waals surface area contributed by atoms with Gasteiger partial charge in [-0.25, -0.2) is 0 Å². The Bertz CT molecular complexity index is 267. The van der Waals surface area contributed by atoms with Crippen LogP contribution in [-0.2, 0) is 4.74 Å². The lowest BCUT2D eigenvalue weighted by Gasteiger charge is -2.37. The van der Waals surface area contributed by atoms with Crippen LogP contribution in [0.2, 0.25) is 0 Å². The lowest BCUT2D eigenvalue weighted by molar-refractivity contribution is -0.174. The molecular formula is C12H23ClF3N3O. The van der Waals surface area contributed by atoms with Gasteiger partial charge >= 0.3 is 6.18 Å². The molecule has 0 aromatic carbocycles. The van der Waals surface area contributed by atoms with Crippen LogP contribution in [0, 0.1) is 0 Å². The third-order valence-corrected chi connectivity index (χ3v) is 3.78. The maximum Gasteiger partial charge on any atom is 0.411 e. The first kappa shape index (κ1) is 18.0. The highest BCUT2D eigenvalue weighted by Gasteiger charge is 2.28. The number of nitrogens with zero attached hydrogens (tertiary/aromatic N) is 2. The Labute approximate surface area is 124 Å². The Balaban J connectivity index is 0.00000200. The Morgan fingerprint density at radius 2 is 1.85 bits per heavy atom. The summed E-state index contributed by atoms with van der Waals surface area (Å²) < 4.78 is 40.3. The molecule has 0 radical (unpaired) electrons. The molecule has 0 aromatic heterocycles. The molecule has 1 atom stereocenters. The highest BCUT2D eigenvalue weighted by atomic mass is 35.5. The normalized spacial score (nSPS) is 25.6. The van der Waals surface area contributed by atoms with Crippen molar-refractivity contribution in [2.24, 2.45) is 0 Å². The van der Waals surface area contributed by atoms with E-state index in [-0.39, 0.29) is 19.0 Å². The largest absolute Gasteiger partial charge is 0.411 e. The van der Waals surface area contributed by atoms with Crippen LogP contribution in [0.3, 0.4) is 0 Å². The van der Waals surface area contributed by atoms with E-state index in [2.05, 4.69) is 19.9 Å². The zero-order chi connectivity index (χ0) is 13.7. The zero-order valence-electron chi connectivity index (χ0n) is 11.5. The first-order chi connectivity index (χ1) is 9.04. The maximum atomic E-state index is 11.9. The first-order valence-electron chi connectivity index (χ1n) is 6.86. The van der Waals surface area contributed by atoms with Crippen molar-refractivity contribution < 1.29 is 17.9 Å². The van der Waals surface area contributed by atoms with Gasteiger partial charge in [0.25, 0.3) is 0 Å². The van der Waals surface area contributed by atoms with Gasteiger partial charge in [0.1, 0.15) is 6.61 Å². The van der Waals surface area contributed by atoms with Gasteiger partial charge < -0.3 is 10.1 Å². The summed E-state index contributed by atoms with van der Waals surface area (Å²) in [4.78, 5) is 4.66. The van der Waals surface area contributed by atoms with Gasteiger partial charge in [-0.15, -0.1) is 12.4 Å². The third kappa shape index (κ3) is 6.13. The second kappa shape index (κ2) is 8.38. The molecule has 2 heterocycles. The minimum absolute atomic E-state index is 0. The van der Waals surface area contributed by atoms with Crippen molar-refractivity contribution in [1.29, 1.82) is 0 Å². The molecule has 2 rings (SSSR count). The maximum absolute atomic E-state index is 11.9. The molecule has 0 amide bonds. The molecule has 2 saturated heterocycles. The Hall–Kier alpha value is -0.0800. The van der Waals surface area contributed by atoms with Crippen LogP contribution in [-0.4, -0.2) is 81.0 Å². The molecule has 1 unspecified atom stereocenters. The van der Waals surface area contributed by atoms with Crippen molar-refractivity contribution in [1.82, 2.24) is 15.1 Å². The van der Waals surface area contributed by atoms with Crippen LogP contribution in [0.1, 0.15) is 6.42 Å². The molecule has 2 aliphatic heterocycles. The lowest BCUT2D eigenvalue weighted by atomic mass is 10.2. The predicted octanol–water partition coefficient (Wildman–Crippen LogP) is 0.967. The molecule has 1 N–H and O–H groups in total. The average Bonchev–Trinajstić information content (AvgIpc) is 2.88. The Morgan fingerprint density at radius 1 is 1.15 bits per heavy atom. The molecule has 20 heavy (non-hydrogen) atoms. The molecule has 0 bridgehead atoms. The number of hydrogen-bond donors (Lipinski definition) is 1. The van der Waals surface area contributed by atoms with Crippen LogP contribution in [0.15, 0.2) is 0 Å². The molecule has 8 heteroatoms. The number of ether oxygens (including phenoxy) is 1. The van der Waals surface area contributed by atoms with Gasteiger partial charge in [0, 0.05) is 45.3 Å². The van der Waals surface area contributed by atoms with Gasteiger partial charge in [0.2, 0.25) is 0 Å². The van der Waals surface area contributed by atoms with Crippen LogP contribution < -0.4 is 5.32 Å². The SMILES string of the molecule is Cl.FC(F)(F)COCCN1CCN(C2CCNC2)CC1. The molecule has 0 aliphatic carbocycles. The van der Waals surface area contributed by atoms with E-state index in [1.54, 1.807) is 0 Å². The molecule has 2 aliphatic rings. The van der Waals surface area contributed by atoms with E-state index in [4.69, 9.17) is 0 Å². The summed E-state index contributed by atoms with van der Waals surface area (Å²) in [7, 11) is 0.